The molecular formula is C25H27N7O5. The first-order valence-corrected chi connectivity index (χ1v) is 11.3. The number of hydrazone groups is 1. The lowest BCUT2D eigenvalue weighted by Gasteiger charge is -2.12. The van der Waals surface area contributed by atoms with Crippen molar-refractivity contribution >= 4 is 34.6 Å². The maximum Gasteiger partial charge on any atom is 0.203 e. The molecule has 2 aromatic heterocycles. The first-order valence-electron chi connectivity index (χ1n) is 11.3. The van der Waals surface area contributed by atoms with Crippen LogP contribution in [0.5, 0.6) is 23.0 Å². The Morgan fingerprint density at radius 2 is 1.51 bits per heavy atom. The van der Waals surface area contributed by atoms with Crippen molar-refractivity contribution < 1.29 is 24.1 Å². The van der Waals surface area contributed by atoms with Crippen LogP contribution in [-0.2, 0) is 0 Å². The van der Waals surface area contributed by atoms with Gasteiger partial charge in [0.15, 0.2) is 23.1 Å². The van der Waals surface area contributed by atoms with Gasteiger partial charge in [0.1, 0.15) is 29.4 Å². The highest BCUT2D eigenvalue weighted by Gasteiger charge is 2.13. The van der Waals surface area contributed by atoms with Gasteiger partial charge in [-0.25, -0.2) is 19.9 Å². The zero-order valence-electron chi connectivity index (χ0n) is 20.6. The number of anilines is 3. The lowest BCUT2D eigenvalue weighted by Crippen LogP contribution is -2.02. The van der Waals surface area contributed by atoms with Crippen LogP contribution in [0.3, 0.4) is 0 Å². The summed E-state index contributed by atoms with van der Waals surface area (Å²) in [6, 6.07) is 11.0. The number of aromatic nitrogens is 4. The molecule has 0 fully saturated rings. The summed E-state index contributed by atoms with van der Waals surface area (Å²) in [5.74, 6) is 3.17. The third-order valence-corrected chi connectivity index (χ3v) is 5.18. The number of methoxy groups -OCH3 is 3. The smallest absolute Gasteiger partial charge is 0.203 e. The fraction of sp³-hybridized carbons (Fsp3) is 0.240. The number of aliphatic hydroxyl groups is 1. The van der Waals surface area contributed by atoms with E-state index in [-0.39, 0.29) is 6.61 Å². The van der Waals surface area contributed by atoms with E-state index in [0.717, 1.165) is 11.3 Å². The number of fused-ring (bicyclic) bond motifs is 1. The Bertz CT molecular complexity index is 1340. The maximum absolute atomic E-state index is 8.88. The van der Waals surface area contributed by atoms with Gasteiger partial charge in [0, 0.05) is 24.3 Å². The predicted octanol–water partition coefficient (Wildman–Crippen LogP) is 3.40. The normalized spacial score (nSPS) is 10.9. The van der Waals surface area contributed by atoms with Gasteiger partial charge in [0.05, 0.1) is 34.2 Å². The summed E-state index contributed by atoms with van der Waals surface area (Å²) >= 11 is 0. The molecule has 0 saturated carbocycles. The molecule has 0 atom stereocenters. The minimum atomic E-state index is 0.0927. The summed E-state index contributed by atoms with van der Waals surface area (Å²) < 4.78 is 21.7. The van der Waals surface area contributed by atoms with E-state index in [0.29, 0.717) is 58.7 Å². The predicted molar refractivity (Wildman–Crippen MR) is 139 cm³/mol. The molecular weight excluding hydrogens is 478 g/mol. The fourth-order valence-corrected chi connectivity index (χ4v) is 3.42. The molecule has 2 aromatic carbocycles. The number of hydrogen-bond donors (Lipinski definition) is 3. The van der Waals surface area contributed by atoms with Crippen LogP contribution >= 0.6 is 0 Å². The van der Waals surface area contributed by atoms with Crippen LogP contribution in [0.1, 0.15) is 12.0 Å². The third kappa shape index (κ3) is 6.11. The van der Waals surface area contributed by atoms with Crippen LogP contribution in [0.25, 0.3) is 11.0 Å². The van der Waals surface area contributed by atoms with Crippen LogP contribution in [0.2, 0.25) is 0 Å². The van der Waals surface area contributed by atoms with Crippen LogP contribution < -0.4 is 29.7 Å². The summed E-state index contributed by atoms with van der Waals surface area (Å²) in [5.41, 5.74) is 5.44. The number of hydrogen-bond acceptors (Lipinski definition) is 12. The van der Waals surface area contributed by atoms with E-state index in [9.17, 15) is 0 Å². The lowest BCUT2D eigenvalue weighted by atomic mass is 10.2. The number of ether oxygens (including phenoxy) is 4. The van der Waals surface area contributed by atoms with Crippen LogP contribution in [0.4, 0.5) is 17.3 Å². The van der Waals surface area contributed by atoms with Gasteiger partial charge in [0.2, 0.25) is 5.75 Å². The van der Waals surface area contributed by atoms with Gasteiger partial charge in [-0.2, -0.15) is 5.10 Å². The van der Waals surface area contributed by atoms with Gasteiger partial charge in [-0.1, -0.05) is 0 Å². The third-order valence-electron chi connectivity index (χ3n) is 5.18. The van der Waals surface area contributed by atoms with Crippen LogP contribution in [0, 0.1) is 0 Å². The Morgan fingerprint density at radius 1 is 0.865 bits per heavy atom. The van der Waals surface area contributed by atoms with Crippen molar-refractivity contribution in [3.8, 4) is 23.0 Å². The zero-order valence-corrected chi connectivity index (χ0v) is 20.6. The van der Waals surface area contributed by atoms with E-state index in [4.69, 9.17) is 24.1 Å². The number of aliphatic hydroxyl groups excluding tert-OH is 1. The van der Waals surface area contributed by atoms with Gasteiger partial charge in [-0.15, -0.1) is 0 Å². The molecule has 12 heteroatoms. The van der Waals surface area contributed by atoms with Crippen molar-refractivity contribution in [3.05, 3.63) is 54.6 Å². The topological polar surface area (TPSA) is 145 Å². The highest BCUT2D eigenvalue weighted by atomic mass is 16.5. The molecule has 0 spiro atoms. The van der Waals surface area contributed by atoms with Crippen molar-refractivity contribution in [2.45, 2.75) is 6.42 Å². The van der Waals surface area contributed by atoms with Crippen molar-refractivity contribution in [3.63, 3.8) is 0 Å². The molecule has 192 valence electrons. The quantitative estimate of drug-likeness (QED) is 0.148. The van der Waals surface area contributed by atoms with E-state index in [1.807, 2.05) is 24.3 Å². The van der Waals surface area contributed by atoms with E-state index < -0.39 is 0 Å². The average molecular weight is 506 g/mol. The highest BCUT2D eigenvalue weighted by Crippen LogP contribution is 2.37. The van der Waals surface area contributed by atoms with Gasteiger partial charge in [-0.3, -0.25) is 5.43 Å². The Kier molecular flexibility index (Phi) is 8.45. The van der Waals surface area contributed by atoms with Gasteiger partial charge >= 0.3 is 0 Å². The second kappa shape index (κ2) is 12.3. The summed E-state index contributed by atoms with van der Waals surface area (Å²) in [7, 11) is 4.65. The first kappa shape index (κ1) is 25.4. The SMILES string of the molecule is COc1cc(/C=N/Nc2ncnc3c(Nc4ccc(OCCCO)cc4)ncnc23)cc(OC)c1OC. The highest BCUT2D eigenvalue weighted by molar-refractivity contribution is 5.93. The monoisotopic (exact) mass is 505 g/mol. The average Bonchev–Trinajstić information content (AvgIpc) is 2.94. The minimum absolute atomic E-state index is 0.0927. The Balaban J connectivity index is 1.52. The molecule has 4 rings (SSSR count). The van der Waals surface area contributed by atoms with Crippen molar-refractivity contribution in [1.29, 1.82) is 0 Å². The Hall–Kier alpha value is -4.71. The molecule has 0 aliphatic heterocycles. The van der Waals surface area contributed by atoms with Gasteiger partial charge in [0.25, 0.3) is 0 Å². The largest absolute Gasteiger partial charge is 0.494 e. The first-order chi connectivity index (χ1) is 18.2. The van der Waals surface area contributed by atoms with Crippen LogP contribution in [-0.4, -0.2) is 65.8 Å². The number of nitrogens with zero attached hydrogens (tertiary/aromatic N) is 5. The second-order valence-corrected chi connectivity index (χ2v) is 7.55. The number of nitrogens with one attached hydrogen (secondary N) is 2. The van der Waals surface area contributed by atoms with Gasteiger partial charge < -0.3 is 29.4 Å². The summed E-state index contributed by atoms with van der Waals surface area (Å²) in [5, 5.41) is 16.4. The molecule has 12 nitrogen and oxygen atoms in total. The van der Waals surface area contributed by atoms with E-state index >= 15 is 0 Å². The maximum atomic E-state index is 8.88. The summed E-state index contributed by atoms with van der Waals surface area (Å²) in [6.45, 7) is 0.546. The standard InChI is InChI=1S/C25H27N7O5/c1-34-19-11-16(12-20(35-2)23(19)36-3)13-30-32-25-22-21(26-15-29-25)24(28-14-27-22)31-17-5-7-18(8-6-17)37-10-4-9-33/h5-8,11-15,33H,4,9-10H2,1-3H3,(H,26,29,32)(H,27,28,31)/b30-13+. The van der Waals surface area contributed by atoms with Crippen molar-refractivity contribution in [2.75, 3.05) is 45.3 Å². The minimum Gasteiger partial charge on any atom is -0.494 e. The molecule has 3 N–H and O–H groups in total. The molecule has 2 heterocycles. The van der Waals surface area contributed by atoms with E-state index in [1.165, 1.54) is 12.7 Å². The Labute approximate surface area is 213 Å². The molecule has 0 radical (unpaired) electrons. The summed E-state index contributed by atoms with van der Waals surface area (Å²) in [6.07, 6.45) is 5.01. The molecule has 0 aliphatic rings. The van der Waals surface area contributed by atoms with Crippen molar-refractivity contribution in [2.24, 2.45) is 5.10 Å². The summed E-state index contributed by atoms with van der Waals surface area (Å²) in [4.78, 5) is 17.3. The molecule has 0 saturated heterocycles. The van der Waals surface area contributed by atoms with Crippen LogP contribution in [0.15, 0.2) is 54.2 Å². The zero-order chi connectivity index (χ0) is 26.0. The molecule has 0 bridgehead atoms. The molecule has 0 amide bonds. The van der Waals surface area contributed by atoms with Gasteiger partial charge in [-0.05, 0) is 36.4 Å². The molecule has 0 aliphatic carbocycles. The molecule has 0 unspecified atom stereocenters. The lowest BCUT2D eigenvalue weighted by molar-refractivity contribution is 0.233. The van der Waals surface area contributed by atoms with Crippen molar-refractivity contribution in [1.82, 2.24) is 19.9 Å². The number of benzene rings is 2. The van der Waals surface area contributed by atoms with E-state index in [1.54, 1.807) is 39.7 Å². The number of rotatable bonds is 12. The molecule has 4 aromatic rings. The second-order valence-electron chi connectivity index (χ2n) is 7.55. The fourth-order valence-electron chi connectivity index (χ4n) is 3.42. The molecule has 37 heavy (non-hydrogen) atoms. The Morgan fingerprint density at radius 3 is 2.14 bits per heavy atom. The van der Waals surface area contributed by atoms with E-state index in [2.05, 4.69) is 35.8 Å².